The Hall–Kier alpha value is -2.56. The van der Waals surface area contributed by atoms with Crippen LogP contribution in [0.3, 0.4) is 0 Å². The highest BCUT2D eigenvalue weighted by Crippen LogP contribution is 2.44. The summed E-state index contributed by atoms with van der Waals surface area (Å²) in [7, 11) is 0. The summed E-state index contributed by atoms with van der Waals surface area (Å²) in [4.78, 5) is 19.2. The summed E-state index contributed by atoms with van der Waals surface area (Å²) < 4.78 is 0. The molecule has 1 aliphatic heterocycles. The Kier molecular flexibility index (Phi) is 4.30. The van der Waals surface area contributed by atoms with Crippen LogP contribution in [0.2, 0.25) is 0 Å². The van der Waals surface area contributed by atoms with Gasteiger partial charge >= 0.3 is 0 Å². The fraction of sp³-hybridized carbons (Fsp3) is 0.500. The number of allylic oxidation sites excluding steroid dienone is 1. The minimum atomic E-state index is 0.426. The minimum Gasteiger partial charge on any atom is -0.354 e. The van der Waals surface area contributed by atoms with Crippen LogP contribution in [-0.4, -0.2) is 27.2 Å². The number of nitrogens with zero attached hydrogens (tertiary/aromatic N) is 4. The van der Waals surface area contributed by atoms with Gasteiger partial charge in [0.15, 0.2) is 0 Å². The maximum absolute atomic E-state index is 5.08. The Morgan fingerprint density at radius 2 is 2.03 bits per heavy atom. The first-order valence-electron chi connectivity index (χ1n) is 10.8. The lowest BCUT2D eigenvalue weighted by atomic mass is 9.84. The Bertz CT molecular complexity index is 1030. The second-order valence-corrected chi connectivity index (χ2v) is 9.54. The number of aromatic nitrogens is 3. The maximum Gasteiger partial charge on any atom is 0.222 e. The van der Waals surface area contributed by atoms with Crippen LogP contribution in [0.5, 0.6) is 0 Å². The van der Waals surface area contributed by atoms with E-state index in [-0.39, 0.29) is 0 Å². The van der Waals surface area contributed by atoms with Crippen molar-refractivity contribution in [2.45, 2.75) is 59.3 Å². The molecule has 0 saturated heterocycles. The van der Waals surface area contributed by atoms with Gasteiger partial charge in [0.25, 0.3) is 0 Å². The van der Waals surface area contributed by atoms with E-state index in [1.165, 1.54) is 18.6 Å². The number of rotatable bonds is 5. The molecule has 0 amide bonds. The van der Waals surface area contributed by atoms with Crippen molar-refractivity contribution in [3.63, 3.8) is 0 Å². The Morgan fingerprint density at radius 3 is 2.79 bits per heavy atom. The molecule has 2 aromatic heterocycles. The van der Waals surface area contributed by atoms with Gasteiger partial charge in [-0.2, -0.15) is 0 Å². The first-order valence-corrected chi connectivity index (χ1v) is 10.8. The molecule has 3 heterocycles. The summed E-state index contributed by atoms with van der Waals surface area (Å²) in [6.45, 7) is 9.93. The predicted molar refractivity (Wildman–Crippen MR) is 118 cm³/mol. The zero-order valence-electron chi connectivity index (χ0n) is 17.8. The van der Waals surface area contributed by atoms with Crippen LogP contribution in [-0.2, 0) is 6.42 Å². The van der Waals surface area contributed by atoms with Crippen LogP contribution in [0.4, 0.5) is 11.6 Å². The first kappa shape index (κ1) is 18.5. The maximum atomic E-state index is 5.08. The second kappa shape index (κ2) is 6.75. The van der Waals surface area contributed by atoms with Crippen molar-refractivity contribution >= 4 is 22.9 Å². The SMILES string of the molecule is CC1=Nc2ccc(C3=CCc4nc(NCC5(C)CC5)ncc43)nc2C(C(C)C)C1. The quantitative estimate of drug-likeness (QED) is 0.755. The van der Waals surface area contributed by atoms with Gasteiger partial charge in [-0.1, -0.05) is 26.8 Å². The van der Waals surface area contributed by atoms with E-state index in [1.54, 1.807) is 0 Å². The van der Waals surface area contributed by atoms with E-state index in [9.17, 15) is 0 Å². The van der Waals surface area contributed by atoms with Crippen molar-refractivity contribution < 1.29 is 0 Å². The summed E-state index contributed by atoms with van der Waals surface area (Å²) in [5.74, 6) is 1.71. The predicted octanol–water partition coefficient (Wildman–Crippen LogP) is 5.31. The fourth-order valence-corrected chi connectivity index (χ4v) is 4.32. The van der Waals surface area contributed by atoms with Gasteiger partial charge in [-0.05, 0) is 49.7 Å². The van der Waals surface area contributed by atoms with Crippen LogP contribution >= 0.6 is 0 Å². The Balaban J connectivity index is 1.43. The average molecular weight is 388 g/mol. The van der Waals surface area contributed by atoms with Crippen LogP contribution in [0.1, 0.15) is 75.5 Å². The molecule has 5 nitrogen and oxygen atoms in total. The molecule has 5 rings (SSSR count). The summed E-state index contributed by atoms with van der Waals surface area (Å²) in [6, 6.07) is 4.22. The lowest BCUT2D eigenvalue weighted by Crippen LogP contribution is -2.17. The number of anilines is 1. The van der Waals surface area contributed by atoms with Crippen molar-refractivity contribution in [3.8, 4) is 0 Å². The highest BCUT2D eigenvalue weighted by atomic mass is 15.1. The molecular weight excluding hydrogens is 358 g/mol. The molecular formula is C24H29N5. The van der Waals surface area contributed by atoms with E-state index in [0.717, 1.165) is 59.2 Å². The van der Waals surface area contributed by atoms with E-state index in [0.29, 0.717) is 17.3 Å². The van der Waals surface area contributed by atoms with Crippen molar-refractivity contribution in [2.75, 3.05) is 11.9 Å². The fourth-order valence-electron chi connectivity index (χ4n) is 4.32. The third-order valence-electron chi connectivity index (χ3n) is 6.60. The van der Waals surface area contributed by atoms with E-state index >= 15 is 0 Å². The van der Waals surface area contributed by atoms with Gasteiger partial charge in [0.05, 0.1) is 22.8 Å². The second-order valence-electron chi connectivity index (χ2n) is 9.54. The smallest absolute Gasteiger partial charge is 0.222 e. The number of pyridine rings is 1. The molecule has 0 radical (unpaired) electrons. The number of hydrogen-bond acceptors (Lipinski definition) is 5. The van der Waals surface area contributed by atoms with Crippen LogP contribution in [0, 0.1) is 11.3 Å². The van der Waals surface area contributed by atoms with Gasteiger partial charge < -0.3 is 5.32 Å². The molecule has 1 saturated carbocycles. The standard InChI is InChI=1S/C24H29N5/c1-14(2)17-11-15(3)27-21-8-7-19(28-22(17)21)16-5-6-20-18(16)12-25-23(29-20)26-13-24(4)9-10-24/h5,7-8,12,14,17H,6,9-11,13H2,1-4H3,(H,25,26,29). The number of hydrogen-bond donors (Lipinski definition) is 1. The highest BCUT2D eigenvalue weighted by molar-refractivity contribution is 5.88. The molecule has 2 aliphatic carbocycles. The monoisotopic (exact) mass is 387 g/mol. The average Bonchev–Trinajstić information content (AvgIpc) is 3.29. The number of fused-ring (bicyclic) bond motifs is 2. The molecule has 1 fully saturated rings. The zero-order chi connectivity index (χ0) is 20.2. The number of nitrogens with one attached hydrogen (secondary N) is 1. The van der Waals surface area contributed by atoms with Crippen molar-refractivity contribution in [2.24, 2.45) is 16.3 Å². The number of aliphatic imine (C=N–C) groups is 1. The van der Waals surface area contributed by atoms with Crippen LogP contribution < -0.4 is 5.32 Å². The summed E-state index contributed by atoms with van der Waals surface area (Å²) in [5, 5.41) is 3.42. The molecule has 29 heavy (non-hydrogen) atoms. The molecule has 1 unspecified atom stereocenters. The lowest BCUT2D eigenvalue weighted by Gasteiger charge is -2.26. The van der Waals surface area contributed by atoms with E-state index in [1.807, 2.05) is 6.20 Å². The zero-order valence-corrected chi connectivity index (χ0v) is 17.8. The van der Waals surface area contributed by atoms with Crippen molar-refractivity contribution in [3.05, 3.63) is 47.1 Å². The largest absolute Gasteiger partial charge is 0.354 e. The van der Waals surface area contributed by atoms with Gasteiger partial charge in [0.2, 0.25) is 5.95 Å². The molecule has 0 aromatic carbocycles. The van der Waals surface area contributed by atoms with Gasteiger partial charge in [0.1, 0.15) is 0 Å². The van der Waals surface area contributed by atoms with Gasteiger partial charge in [-0.25, -0.2) is 9.97 Å². The minimum absolute atomic E-state index is 0.426. The molecule has 5 heteroatoms. The molecule has 1 atom stereocenters. The molecule has 0 spiro atoms. The molecule has 1 N–H and O–H groups in total. The topological polar surface area (TPSA) is 63.1 Å². The lowest BCUT2D eigenvalue weighted by molar-refractivity contribution is 0.496. The molecule has 2 aromatic rings. The van der Waals surface area contributed by atoms with E-state index < -0.39 is 0 Å². The Labute approximate surface area is 172 Å². The first-order chi connectivity index (χ1) is 13.9. The van der Waals surface area contributed by atoms with E-state index in [4.69, 9.17) is 15.0 Å². The van der Waals surface area contributed by atoms with Gasteiger partial charge in [0, 0.05) is 41.9 Å². The van der Waals surface area contributed by atoms with E-state index in [2.05, 4.69) is 56.2 Å². The summed E-state index contributed by atoms with van der Waals surface area (Å²) in [6.07, 6.45) is 8.61. The van der Waals surface area contributed by atoms with Crippen molar-refractivity contribution in [1.82, 2.24) is 15.0 Å². The van der Waals surface area contributed by atoms with Crippen LogP contribution in [0.25, 0.3) is 5.57 Å². The third-order valence-corrected chi connectivity index (χ3v) is 6.60. The Morgan fingerprint density at radius 1 is 1.21 bits per heavy atom. The summed E-state index contributed by atoms with van der Waals surface area (Å²) >= 11 is 0. The van der Waals surface area contributed by atoms with Gasteiger partial charge in [-0.3, -0.25) is 9.98 Å². The summed E-state index contributed by atoms with van der Waals surface area (Å²) in [5.41, 5.74) is 8.16. The molecule has 150 valence electrons. The highest BCUT2D eigenvalue weighted by Gasteiger charge is 2.37. The molecule has 0 bridgehead atoms. The van der Waals surface area contributed by atoms with Crippen molar-refractivity contribution in [1.29, 1.82) is 0 Å². The molecule has 3 aliphatic rings. The van der Waals surface area contributed by atoms with Crippen LogP contribution in [0.15, 0.2) is 29.4 Å². The normalized spacial score (nSPS) is 21.3. The van der Waals surface area contributed by atoms with Gasteiger partial charge in [-0.15, -0.1) is 0 Å². The third kappa shape index (κ3) is 3.47.